The lowest BCUT2D eigenvalue weighted by Gasteiger charge is -2.38. The number of methoxy groups -OCH3 is 2. The van der Waals surface area contributed by atoms with Crippen LogP contribution in [0.2, 0.25) is 5.02 Å². The highest BCUT2D eigenvalue weighted by atomic mass is 35.5. The molecule has 0 radical (unpaired) electrons. The van der Waals surface area contributed by atoms with Crippen molar-refractivity contribution in [3.05, 3.63) is 92.5 Å². The molecular formula is C24H22ClN3O5. The third kappa shape index (κ3) is 4.42. The number of carbonyl (C=O) groups excluding carboxylic acids is 1. The maximum absolute atomic E-state index is 13.4. The van der Waals surface area contributed by atoms with Crippen LogP contribution < -0.4 is 14.8 Å². The SMILES string of the molecule is COc1cc2c(cc1OC)C(c1ccccc1)N(C(=O)Nc1ccc([N+](=O)[O-])cc1Cl)CC2. The maximum atomic E-state index is 13.4. The van der Waals surface area contributed by atoms with Crippen molar-refractivity contribution in [1.82, 2.24) is 4.90 Å². The van der Waals surface area contributed by atoms with Crippen molar-refractivity contribution >= 4 is 29.0 Å². The molecule has 4 rings (SSSR count). The predicted molar refractivity (Wildman–Crippen MR) is 125 cm³/mol. The van der Waals surface area contributed by atoms with Crippen molar-refractivity contribution in [3.8, 4) is 11.5 Å². The van der Waals surface area contributed by atoms with E-state index >= 15 is 0 Å². The Bertz CT molecular complexity index is 1200. The van der Waals surface area contributed by atoms with Crippen LogP contribution in [0.25, 0.3) is 0 Å². The van der Waals surface area contributed by atoms with Crippen LogP contribution in [0.1, 0.15) is 22.7 Å². The number of ether oxygens (including phenoxy) is 2. The standard InChI is InChI=1S/C24H22ClN3O5/c1-32-21-12-16-10-11-27(24(29)26-20-9-8-17(28(30)31)13-19(20)25)23(15-6-4-3-5-7-15)18(16)14-22(21)33-2/h3-9,12-14,23H,10-11H2,1-2H3,(H,26,29). The number of nitro benzene ring substituents is 1. The Labute approximate surface area is 195 Å². The zero-order valence-electron chi connectivity index (χ0n) is 18.1. The van der Waals surface area contributed by atoms with Crippen LogP contribution in [0.4, 0.5) is 16.2 Å². The summed E-state index contributed by atoms with van der Waals surface area (Å²) < 4.78 is 11.0. The molecule has 33 heavy (non-hydrogen) atoms. The van der Waals surface area contributed by atoms with Gasteiger partial charge in [-0.25, -0.2) is 4.79 Å². The van der Waals surface area contributed by atoms with Crippen LogP contribution >= 0.6 is 11.6 Å². The molecular weight excluding hydrogens is 446 g/mol. The van der Waals surface area contributed by atoms with Gasteiger partial charge in [-0.2, -0.15) is 0 Å². The molecule has 1 unspecified atom stereocenters. The average molecular weight is 468 g/mol. The number of fused-ring (bicyclic) bond motifs is 1. The van der Waals surface area contributed by atoms with Gasteiger partial charge in [0.2, 0.25) is 0 Å². The molecule has 0 bridgehead atoms. The van der Waals surface area contributed by atoms with E-state index in [9.17, 15) is 14.9 Å². The molecule has 0 fully saturated rings. The number of hydrogen-bond donors (Lipinski definition) is 1. The zero-order chi connectivity index (χ0) is 23.5. The molecule has 1 atom stereocenters. The summed E-state index contributed by atoms with van der Waals surface area (Å²) in [4.78, 5) is 25.5. The smallest absolute Gasteiger partial charge is 0.322 e. The summed E-state index contributed by atoms with van der Waals surface area (Å²) in [6.45, 7) is 0.457. The van der Waals surface area contributed by atoms with Gasteiger partial charge >= 0.3 is 6.03 Å². The molecule has 1 aliphatic rings. The van der Waals surface area contributed by atoms with Crippen LogP contribution in [0.3, 0.4) is 0 Å². The normalized spacial score (nSPS) is 14.9. The molecule has 3 aromatic rings. The van der Waals surface area contributed by atoms with Gasteiger partial charge < -0.3 is 19.7 Å². The molecule has 0 saturated heterocycles. The Balaban J connectivity index is 1.72. The first-order valence-electron chi connectivity index (χ1n) is 10.2. The highest BCUT2D eigenvalue weighted by Gasteiger charge is 2.33. The number of nitrogens with one attached hydrogen (secondary N) is 1. The van der Waals surface area contributed by atoms with Crippen molar-refractivity contribution in [2.24, 2.45) is 0 Å². The second-order valence-corrected chi connectivity index (χ2v) is 7.92. The number of non-ortho nitro benzene ring substituents is 1. The number of rotatable bonds is 5. The summed E-state index contributed by atoms with van der Waals surface area (Å²) in [5.41, 5.74) is 3.11. The second-order valence-electron chi connectivity index (χ2n) is 7.51. The van der Waals surface area contributed by atoms with Gasteiger partial charge in [0.05, 0.1) is 35.9 Å². The van der Waals surface area contributed by atoms with Crippen molar-refractivity contribution in [2.45, 2.75) is 12.5 Å². The van der Waals surface area contributed by atoms with Crippen LogP contribution in [0.15, 0.2) is 60.7 Å². The van der Waals surface area contributed by atoms with Crippen LogP contribution in [0, 0.1) is 10.1 Å². The summed E-state index contributed by atoms with van der Waals surface area (Å²) >= 11 is 6.20. The van der Waals surface area contributed by atoms with Gasteiger partial charge in [0.25, 0.3) is 5.69 Å². The lowest BCUT2D eigenvalue weighted by molar-refractivity contribution is -0.384. The van der Waals surface area contributed by atoms with Gasteiger partial charge in [-0.1, -0.05) is 41.9 Å². The molecule has 1 aliphatic heterocycles. The molecule has 1 N–H and O–H groups in total. The largest absolute Gasteiger partial charge is 0.493 e. The van der Waals surface area contributed by atoms with E-state index in [4.69, 9.17) is 21.1 Å². The zero-order valence-corrected chi connectivity index (χ0v) is 18.8. The van der Waals surface area contributed by atoms with Crippen molar-refractivity contribution in [1.29, 1.82) is 0 Å². The minimum atomic E-state index is -0.536. The number of anilines is 1. The number of nitro groups is 1. The monoisotopic (exact) mass is 467 g/mol. The minimum Gasteiger partial charge on any atom is -0.493 e. The first kappa shape index (κ1) is 22.4. The molecule has 1 heterocycles. The fraction of sp³-hybridized carbons (Fsp3) is 0.208. The first-order chi connectivity index (χ1) is 15.9. The lowest BCUT2D eigenvalue weighted by atomic mass is 9.88. The number of hydrogen-bond acceptors (Lipinski definition) is 5. The molecule has 0 spiro atoms. The topological polar surface area (TPSA) is 93.9 Å². The molecule has 0 aliphatic carbocycles. The lowest BCUT2D eigenvalue weighted by Crippen LogP contribution is -2.43. The number of urea groups is 1. The van der Waals surface area contributed by atoms with Gasteiger partial charge in [-0.3, -0.25) is 10.1 Å². The Morgan fingerprint density at radius 3 is 2.42 bits per heavy atom. The van der Waals surface area contributed by atoms with E-state index in [1.54, 1.807) is 19.1 Å². The van der Waals surface area contributed by atoms with E-state index in [0.717, 1.165) is 16.7 Å². The molecule has 170 valence electrons. The van der Waals surface area contributed by atoms with Gasteiger partial charge in [-0.05, 0) is 41.3 Å². The highest BCUT2D eigenvalue weighted by molar-refractivity contribution is 6.33. The molecule has 0 saturated carbocycles. The van der Waals surface area contributed by atoms with E-state index in [2.05, 4.69) is 5.32 Å². The van der Waals surface area contributed by atoms with Crippen LogP contribution in [0.5, 0.6) is 11.5 Å². The first-order valence-corrected chi connectivity index (χ1v) is 10.6. The van der Waals surface area contributed by atoms with Gasteiger partial charge in [0, 0.05) is 18.7 Å². The number of nitrogens with zero attached hydrogens (tertiary/aromatic N) is 2. The average Bonchev–Trinajstić information content (AvgIpc) is 2.83. The summed E-state index contributed by atoms with van der Waals surface area (Å²) in [5.74, 6) is 1.22. The third-order valence-corrected chi connectivity index (χ3v) is 5.97. The Morgan fingerprint density at radius 2 is 1.79 bits per heavy atom. The van der Waals surface area contributed by atoms with Gasteiger partial charge in [-0.15, -0.1) is 0 Å². The number of halogens is 1. The predicted octanol–water partition coefficient (Wildman–Crippen LogP) is 5.45. The summed E-state index contributed by atoms with van der Waals surface area (Å²) in [7, 11) is 3.17. The maximum Gasteiger partial charge on any atom is 0.322 e. The van der Waals surface area contributed by atoms with Gasteiger partial charge in [0.15, 0.2) is 11.5 Å². The fourth-order valence-electron chi connectivity index (χ4n) is 4.07. The number of amides is 2. The van der Waals surface area contributed by atoms with E-state index in [0.29, 0.717) is 30.2 Å². The van der Waals surface area contributed by atoms with E-state index < -0.39 is 4.92 Å². The van der Waals surface area contributed by atoms with Crippen molar-refractivity contribution < 1.29 is 19.2 Å². The van der Waals surface area contributed by atoms with Crippen molar-refractivity contribution in [3.63, 3.8) is 0 Å². The summed E-state index contributed by atoms with van der Waals surface area (Å²) in [6.07, 6.45) is 0.625. The molecule has 9 heteroatoms. The second kappa shape index (κ2) is 9.38. The van der Waals surface area contributed by atoms with E-state index in [1.807, 2.05) is 42.5 Å². The number of benzene rings is 3. The summed E-state index contributed by atoms with van der Waals surface area (Å²) in [5, 5.41) is 13.9. The Kier molecular flexibility index (Phi) is 6.37. The highest BCUT2D eigenvalue weighted by Crippen LogP contribution is 2.41. The van der Waals surface area contributed by atoms with Crippen LogP contribution in [-0.4, -0.2) is 36.6 Å². The minimum absolute atomic E-state index is 0.0950. The Morgan fingerprint density at radius 1 is 1.09 bits per heavy atom. The van der Waals surface area contributed by atoms with Gasteiger partial charge in [0.1, 0.15) is 0 Å². The molecule has 2 amide bonds. The van der Waals surface area contributed by atoms with Crippen molar-refractivity contribution in [2.75, 3.05) is 26.1 Å². The third-order valence-electron chi connectivity index (χ3n) is 5.65. The molecule has 0 aromatic heterocycles. The fourth-order valence-corrected chi connectivity index (χ4v) is 4.29. The quantitative estimate of drug-likeness (QED) is 0.398. The van der Waals surface area contributed by atoms with Crippen LogP contribution in [-0.2, 0) is 6.42 Å². The molecule has 8 nitrogen and oxygen atoms in total. The van der Waals surface area contributed by atoms with E-state index in [-0.39, 0.29) is 22.8 Å². The number of carbonyl (C=O) groups is 1. The van der Waals surface area contributed by atoms with E-state index in [1.165, 1.54) is 18.2 Å². The summed E-state index contributed by atoms with van der Waals surface area (Å²) in [6, 6.07) is 16.8. The Hall–Kier alpha value is -3.78. The molecule has 3 aromatic carbocycles.